The molecule has 40 heavy (non-hydrogen) atoms. The fraction of sp³-hybridized carbons (Fsp3) is 0.267. The number of aryl methyl sites for hydroxylation is 1. The maximum atomic E-state index is 13.5. The summed E-state index contributed by atoms with van der Waals surface area (Å²) in [5.41, 5.74) is 2.68. The Labute approximate surface area is 235 Å². The molecule has 1 aliphatic heterocycles. The molecule has 10 heteroatoms. The van der Waals surface area contributed by atoms with Gasteiger partial charge in [0.1, 0.15) is 21.2 Å². The number of urea groups is 1. The second-order valence-electron chi connectivity index (χ2n) is 9.98. The largest absolute Gasteiger partial charge is 0.457 e. The molecule has 3 N–H and O–H groups in total. The Balaban J connectivity index is 1.30. The lowest BCUT2D eigenvalue weighted by atomic mass is 10.1. The summed E-state index contributed by atoms with van der Waals surface area (Å²) in [6, 6.07) is 16.3. The molecule has 0 saturated heterocycles. The summed E-state index contributed by atoms with van der Waals surface area (Å²) in [4.78, 5) is 46.1. The van der Waals surface area contributed by atoms with Crippen molar-refractivity contribution in [1.29, 1.82) is 0 Å². The fourth-order valence-electron chi connectivity index (χ4n) is 5.40. The van der Waals surface area contributed by atoms with Crippen molar-refractivity contribution in [3.05, 3.63) is 71.2 Å². The second kappa shape index (κ2) is 10.6. The lowest BCUT2D eigenvalue weighted by Gasteiger charge is -2.29. The minimum absolute atomic E-state index is 0.0285. The van der Waals surface area contributed by atoms with Crippen molar-refractivity contribution in [2.45, 2.75) is 51.6 Å². The molecule has 2 atom stereocenters. The lowest BCUT2D eigenvalue weighted by molar-refractivity contribution is -0.121. The highest BCUT2D eigenvalue weighted by Crippen LogP contribution is 2.46. The van der Waals surface area contributed by atoms with Crippen LogP contribution in [0.5, 0.6) is 11.5 Å². The van der Waals surface area contributed by atoms with Gasteiger partial charge in [-0.1, -0.05) is 25.1 Å². The summed E-state index contributed by atoms with van der Waals surface area (Å²) in [5.74, 6) is 1.09. The highest BCUT2D eigenvalue weighted by Gasteiger charge is 2.35. The molecule has 1 fully saturated rings. The van der Waals surface area contributed by atoms with Crippen LogP contribution in [0, 0.1) is 6.92 Å². The van der Waals surface area contributed by atoms with Crippen molar-refractivity contribution in [3.8, 4) is 11.5 Å². The van der Waals surface area contributed by atoms with Crippen LogP contribution in [0.1, 0.15) is 47.8 Å². The number of para-hydroxylation sites is 1. The van der Waals surface area contributed by atoms with Gasteiger partial charge >= 0.3 is 6.03 Å². The molecular weight excluding hydrogens is 526 g/mol. The topological polar surface area (TPSA) is 113 Å². The third-order valence-corrected chi connectivity index (χ3v) is 8.44. The van der Waals surface area contributed by atoms with Gasteiger partial charge in [0.05, 0.1) is 22.4 Å². The Morgan fingerprint density at radius 3 is 2.58 bits per heavy atom. The van der Waals surface area contributed by atoms with Crippen molar-refractivity contribution in [2.24, 2.45) is 0 Å². The maximum absolute atomic E-state index is 13.5. The summed E-state index contributed by atoms with van der Waals surface area (Å²) in [5, 5.41) is 9.80. The van der Waals surface area contributed by atoms with Crippen LogP contribution in [-0.2, 0) is 4.79 Å². The summed E-state index contributed by atoms with van der Waals surface area (Å²) in [7, 11) is 0. The van der Waals surface area contributed by atoms with E-state index in [1.54, 1.807) is 17.2 Å². The number of hydrogen-bond acceptors (Lipinski definition) is 6. The van der Waals surface area contributed by atoms with Crippen LogP contribution >= 0.6 is 11.3 Å². The van der Waals surface area contributed by atoms with E-state index in [4.69, 9.17) is 4.74 Å². The number of carbonyl (C=O) groups excluding carboxylic acids is 3. The molecule has 0 bridgehead atoms. The Bertz CT molecular complexity index is 1620. The molecule has 4 aromatic rings. The van der Waals surface area contributed by atoms with Gasteiger partial charge in [-0.25, -0.2) is 9.78 Å². The number of benzene rings is 2. The van der Waals surface area contributed by atoms with Crippen LogP contribution < -0.4 is 25.6 Å². The predicted octanol–water partition coefficient (Wildman–Crippen LogP) is 6.26. The van der Waals surface area contributed by atoms with Crippen LogP contribution in [-0.4, -0.2) is 34.9 Å². The monoisotopic (exact) mass is 555 g/mol. The second-order valence-corrected chi connectivity index (χ2v) is 11.0. The van der Waals surface area contributed by atoms with Gasteiger partial charge in [0.25, 0.3) is 5.91 Å². The molecule has 2 aromatic carbocycles. The molecule has 6 rings (SSSR count). The fourth-order valence-corrected chi connectivity index (χ4v) is 6.42. The first kappa shape index (κ1) is 25.8. The van der Waals surface area contributed by atoms with Crippen LogP contribution in [0.4, 0.5) is 21.9 Å². The summed E-state index contributed by atoms with van der Waals surface area (Å²) in [6.07, 6.45) is 4.58. The number of thiophene rings is 1. The molecule has 3 heterocycles. The average Bonchev–Trinajstić information content (AvgIpc) is 3.55. The number of nitrogens with zero attached hydrogens (tertiary/aromatic N) is 2. The molecule has 4 amide bonds. The minimum Gasteiger partial charge on any atom is -0.457 e. The number of carbonyl (C=O) groups is 3. The van der Waals surface area contributed by atoms with E-state index in [1.807, 2.05) is 62.4 Å². The van der Waals surface area contributed by atoms with E-state index >= 15 is 0 Å². The molecule has 0 unspecified atom stereocenters. The van der Waals surface area contributed by atoms with E-state index in [0.717, 1.165) is 36.0 Å². The minimum atomic E-state index is -0.360. The van der Waals surface area contributed by atoms with Crippen molar-refractivity contribution in [2.75, 3.05) is 10.2 Å². The average molecular weight is 556 g/mol. The van der Waals surface area contributed by atoms with Crippen LogP contribution in [0.15, 0.2) is 60.8 Å². The van der Waals surface area contributed by atoms with Crippen LogP contribution in [0.2, 0.25) is 0 Å². The number of aromatic nitrogens is 1. The first-order chi connectivity index (χ1) is 19.4. The SMILES string of the molecule is CCC(=O)N[C@H]1CCC[C@@H]1NC(=O)c1sc2nccc3c2c1NC(=O)N3c1ccc(Oc2ccccc2)cc1C. The van der Waals surface area contributed by atoms with E-state index in [2.05, 4.69) is 20.9 Å². The number of ether oxygens (including phenoxy) is 1. The van der Waals surface area contributed by atoms with E-state index in [-0.39, 0.29) is 29.9 Å². The Morgan fingerprint density at radius 1 is 1.05 bits per heavy atom. The zero-order chi connectivity index (χ0) is 27.8. The standard InChI is InChI=1S/C30H29N5O4S/c1-3-24(36)32-20-10-7-11-21(20)33-28(37)27-26-25-23(14-15-31-29(25)40-27)35(30(38)34-26)22-13-12-19(16-17(22)2)39-18-8-5-4-6-9-18/h4-6,8-9,12-16,20-21H,3,7,10-11H2,1-2H3,(H,32,36)(H,33,37)(H,34,38)/t20-,21-/m0/s1. The van der Waals surface area contributed by atoms with Gasteiger partial charge in [-0.15, -0.1) is 11.3 Å². The zero-order valence-corrected chi connectivity index (χ0v) is 23.0. The van der Waals surface area contributed by atoms with Gasteiger partial charge in [-0.3, -0.25) is 14.5 Å². The molecule has 2 aliphatic rings. The van der Waals surface area contributed by atoms with Gasteiger partial charge in [0.2, 0.25) is 5.91 Å². The molecule has 1 aliphatic carbocycles. The zero-order valence-electron chi connectivity index (χ0n) is 22.2. The predicted molar refractivity (Wildman–Crippen MR) is 156 cm³/mol. The molecule has 2 aromatic heterocycles. The van der Waals surface area contributed by atoms with Gasteiger partial charge in [0, 0.05) is 24.7 Å². The Hall–Kier alpha value is -4.44. The van der Waals surface area contributed by atoms with Crippen LogP contribution in [0.3, 0.4) is 0 Å². The number of pyridine rings is 1. The summed E-state index contributed by atoms with van der Waals surface area (Å²) < 4.78 is 5.97. The van der Waals surface area contributed by atoms with Gasteiger partial charge in [0.15, 0.2) is 0 Å². The summed E-state index contributed by atoms with van der Waals surface area (Å²) >= 11 is 1.25. The summed E-state index contributed by atoms with van der Waals surface area (Å²) in [6.45, 7) is 3.74. The molecule has 0 radical (unpaired) electrons. The van der Waals surface area contributed by atoms with Gasteiger partial charge in [-0.2, -0.15) is 0 Å². The third-order valence-electron chi connectivity index (χ3n) is 7.34. The van der Waals surface area contributed by atoms with Crippen molar-refractivity contribution in [1.82, 2.24) is 15.6 Å². The Morgan fingerprint density at radius 2 is 1.82 bits per heavy atom. The molecule has 0 spiro atoms. The number of nitrogens with one attached hydrogen (secondary N) is 3. The highest BCUT2D eigenvalue weighted by molar-refractivity contribution is 7.21. The lowest BCUT2D eigenvalue weighted by Crippen LogP contribution is -2.48. The normalized spacial score (nSPS) is 17.9. The van der Waals surface area contributed by atoms with E-state index < -0.39 is 0 Å². The van der Waals surface area contributed by atoms with Crippen molar-refractivity contribution < 1.29 is 19.1 Å². The smallest absolute Gasteiger partial charge is 0.331 e. The Kier molecular flexibility index (Phi) is 6.85. The molecule has 9 nitrogen and oxygen atoms in total. The number of anilines is 3. The van der Waals surface area contributed by atoms with E-state index in [9.17, 15) is 14.4 Å². The molecule has 1 saturated carbocycles. The van der Waals surface area contributed by atoms with E-state index in [1.165, 1.54) is 11.3 Å². The maximum Gasteiger partial charge on any atom is 0.331 e. The van der Waals surface area contributed by atoms with Crippen molar-refractivity contribution in [3.63, 3.8) is 0 Å². The quantitative estimate of drug-likeness (QED) is 0.249. The third kappa shape index (κ3) is 4.75. The van der Waals surface area contributed by atoms with Crippen molar-refractivity contribution >= 4 is 56.5 Å². The number of amides is 4. The first-order valence-electron chi connectivity index (χ1n) is 13.4. The van der Waals surface area contributed by atoms with Gasteiger partial charge < -0.3 is 20.7 Å². The number of rotatable bonds is 7. The van der Waals surface area contributed by atoms with E-state index in [0.29, 0.717) is 38.9 Å². The first-order valence-corrected chi connectivity index (χ1v) is 14.2. The van der Waals surface area contributed by atoms with Gasteiger partial charge in [-0.05, 0) is 68.1 Å². The highest BCUT2D eigenvalue weighted by atomic mass is 32.1. The number of hydrogen-bond donors (Lipinski definition) is 3. The molecule has 204 valence electrons. The molecular formula is C30H29N5O4S. The van der Waals surface area contributed by atoms with Crippen LogP contribution in [0.25, 0.3) is 10.2 Å².